The molecule has 0 saturated heterocycles. The van der Waals surface area contributed by atoms with E-state index in [1.165, 1.54) is 12.1 Å². The normalized spacial score (nSPS) is 10.7. The van der Waals surface area contributed by atoms with Crippen molar-refractivity contribution in [2.45, 2.75) is 20.0 Å². The van der Waals surface area contributed by atoms with Crippen molar-refractivity contribution in [2.75, 3.05) is 33.8 Å². The number of hydrogen-bond acceptors (Lipinski definition) is 3. The van der Waals surface area contributed by atoms with E-state index >= 15 is 0 Å². The van der Waals surface area contributed by atoms with Crippen LogP contribution in [0.4, 0.5) is 9.18 Å². The third-order valence-electron chi connectivity index (χ3n) is 4.13. The van der Waals surface area contributed by atoms with Crippen LogP contribution in [0.15, 0.2) is 48.5 Å². The van der Waals surface area contributed by atoms with E-state index in [-0.39, 0.29) is 11.8 Å². The number of para-hydroxylation sites is 1. The molecule has 0 aliphatic carbocycles. The summed E-state index contributed by atoms with van der Waals surface area (Å²) in [5.74, 6) is 0.473. The molecule has 0 radical (unpaired) electrons. The van der Waals surface area contributed by atoms with Crippen LogP contribution in [-0.2, 0) is 13.1 Å². The lowest BCUT2D eigenvalue weighted by Gasteiger charge is -2.22. The average Bonchev–Trinajstić information content (AvgIpc) is 2.65. The molecule has 1 N–H and O–H groups in total. The SMILES string of the molecule is CCN(Cc1cccc(F)c1)C(=O)NCc1ccccc1OCCN(C)C. The van der Waals surface area contributed by atoms with E-state index in [1.807, 2.05) is 51.4 Å². The van der Waals surface area contributed by atoms with Crippen molar-refractivity contribution in [3.63, 3.8) is 0 Å². The average molecular weight is 373 g/mol. The van der Waals surface area contributed by atoms with Gasteiger partial charge < -0.3 is 19.9 Å². The summed E-state index contributed by atoms with van der Waals surface area (Å²) in [5, 5.41) is 2.93. The van der Waals surface area contributed by atoms with Crippen LogP contribution in [0, 0.1) is 5.82 Å². The molecule has 0 aliphatic rings. The molecule has 0 atom stereocenters. The number of carbonyl (C=O) groups excluding carboxylic acids is 1. The third kappa shape index (κ3) is 6.90. The minimum absolute atomic E-state index is 0.190. The van der Waals surface area contributed by atoms with Gasteiger partial charge in [0, 0.05) is 31.7 Å². The molecule has 0 aromatic heterocycles. The number of ether oxygens (including phenoxy) is 1. The summed E-state index contributed by atoms with van der Waals surface area (Å²) < 4.78 is 19.2. The highest BCUT2D eigenvalue weighted by Gasteiger charge is 2.13. The van der Waals surface area contributed by atoms with E-state index in [0.29, 0.717) is 26.2 Å². The second-order valence-corrected chi connectivity index (χ2v) is 6.56. The predicted molar refractivity (Wildman–Crippen MR) is 105 cm³/mol. The van der Waals surface area contributed by atoms with Gasteiger partial charge in [-0.3, -0.25) is 0 Å². The molecule has 2 amide bonds. The molecule has 2 aromatic carbocycles. The third-order valence-corrected chi connectivity index (χ3v) is 4.13. The molecule has 0 heterocycles. The van der Waals surface area contributed by atoms with E-state index in [2.05, 4.69) is 10.2 Å². The zero-order chi connectivity index (χ0) is 19.6. The van der Waals surface area contributed by atoms with Gasteiger partial charge in [0.15, 0.2) is 0 Å². The Bertz CT molecular complexity index is 737. The number of rotatable bonds is 9. The molecule has 0 spiro atoms. The van der Waals surface area contributed by atoms with Crippen molar-refractivity contribution in [3.8, 4) is 5.75 Å². The first-order valence-corrected chi connectivity index (χ1v) is 9.12. The van der Waals surface area contributed by atoms with Gasteiger partial charge in [0.25, 0.3) is 0 Å². The van der Waals surface area contributed by atoms with Crippen LogP contribution in [-0.4, -0.2) is 49.6 Å². The maximum absolute atomic E-state index is 13.4. The highest BCUT2D eigenvalue weighted by molar-refractivity contribution is 5.74. The Morgan fingerprint density at radius 3 is 2.63 bits per heavy atom. The van der Waals surface area contributed by atoms with Gasteiger partial charge in [0.1, 0.15) is 18.2 Å². The molecule has 2 aromatic rings. The summed E-state index contributed by atoms with van der Waals surface area (Å²) in [6, 6.07) is 13.8. The number of benzene rings is 2. The predicted octanol–water partition coefficient (Wildman–Crippen LogP) is 3.50. The van der Waals surface area contributed by atoms with Crippen molar-refractivity contribution in [2.24, 2.45) is 0 Å². The minimum Gasteiger partial charge on any atom is -0.492 e. The van der Waals surface area contributed by atoms with Crippen LogP contribution >= 0.6 is 0 Å². The summed E-state index contributed by atoms with van der Waals surface area (Å²) in [6.45, 7) is 4.56. The number of hydrogen-bond donors (Lipinski definition) is 1. The smallest absolute Gasteiger partial charge is 0.317 e. The van der Waals surface area contributed by atoms with Gasteiger partial charge in [-0.25, -0.2) is 9.18 Å². The molecular formula is C21H28FN3O2. The van der Waals surface area contributed by atoms with Crippen molar-refractivity contribution < 1.29 is 13.9 Å². The van der Waals surface area contributed by atoms with E-state index in [4.69, 9.17) is 4.74 Å². The van der Waals surface area contributed by atoms with E-state index in [9.17, 15) is 9.18 Å². The number of nitrogens with zero attached hydrogens (tertiary/aromatic N) is 2. The zero-order valence-corrected chi connectivity index (χ0v) is 16.2. The summed E-state index contributed by atoms with van der Waals surface area (Å²) >= 11 is 0. The maximum atomic E-state index is 13.4. The number of halogens is 1. The first-order valence-electron chi connectivity index (χ1n) is 9.12. The zero-order valence-electron chi connectivity index (χ0n) is 16.2. The fourth-order valence-corrected chi connectivity index (χ4v) is 2.59. The summed E-state index contributed by atoms with van der Waals surface area (Å²) in [7, 11) is 3.99. The number of nitrogens with one attached hydrogen (secondary N) is 1. The highest BCUT2D eigenvalue weighted by atomic mass is 19.1. The lowest BCUT2D eigenvalue weighted by molar-refractivity contribution is 0.197. The van der Waals surface area contributed by atoms with Crippen molar-refractivity contribution in [1.29, 1.82) is 0 Å². The van der Waals surface area contributed by atoms with Crippen molar-refractivity contribution in [1.82, 2.24) is 15.1 Å². The molecule has 2 rings (SSSR count). The Hall–Kier alpha value is -2.60. The second-order valence-electron chi connectivity index (χ2n) is 6.56. The van der Waals surface area contributed by atoms with E-state index < -0.39 is 0 Å². The van der Waals surface area contributed by atoms with Gasteiger partial charge >= 0.3 is 6.03 Å². The molecule has 0 aliphatic heterocycles. The number of carbonyl (C=O) groups is 1. The molecule has 0 bridgehead atoms. The number of urea groups is 1. The standard InChI is InChI=1S/C21H28FN3O2/c1-4-25(16-17-8-7-10-19(22)14-17)21(26)23-15-18-9-5-6-11-20(18)27-13-12-24(2)3/h5-11,14H,4,12-13,15-16H2,1-3H3,(H,23,26). The molecule has 6 heteroatoms. The van der Waals surface area contributed by atoms with Crippen molar-refractivity contribution in [3.05, 3.63) is 65.5 Å². The molecule has 27 heavy (non-hydrogen) atoms. The molecule has 0 fully saturated rings. The largest absolute Gasteiger partial charge is 0.492 e. The van der Waals surface area contributed by atoms with Crippen LogP contribution < -0.4 is 10.1 Å². The summed E-state index contributed by atoms with van der Waals surface area (Å²) in [5.41, 5.74) is 1.69. The number of likely N-dealkylation sites (N-methyl/N-ethyl adjacent to an activating group) is 1. The van der Waals surface area contributed by atoms with Gasteiger partial charge in [-0.1, -0.05) is 30.3 Å². The van der Waals surface area contributed by atoms with Gasteiger partial charge in [-0.2, -0.15) is 0 Å². The van der Waals surface area contributed by atoms with Crippen molar-refractivity contribution >= 4 is 6.03 Å². The van der Waals surface area contributed by atoms with Gasteiger partial charge in [0.05, 0.1) is 0 Å². The van der Waals surface area contributed by atoms with Crippen LogP contribution in [0.25, 0.3) is 0 Å². The van der Waals surface area contributed by atoms with Gasteiger partial charge in [-0.05, 0) is 44.8 Å². The highest BCUT2D eigenvalue weighted by Crippen LogP contribution is 2.18. The maximum Gasteiger partial charge on any atom is 0.317 e. The van der Waals surface area contributed by atoms with Crippen LogP contribution in [0.2, 0.25) is 0 Å². The topological polar surface area (TPSA) is 44.8 Å². The summed E-state index contributed by atoms with van der Waals surface area (Å²) in [6.07, 6.45) is 0. The van der Waals surface area contributed by atoms with Crippen LogP contribution in [0.5, 0.6) is 5.75 Å². The Labute approximate surface area is 160 Å². The Kier molecular flexibility index (Phi) is 8.07. The Morgan fingerprint density at radius 1 is 1.15 bits per heavy atom. The van der Waals surface area contributed by atoms with Gasteiger partial charge in [0.2, 0.25) is 0 Å². The lowest BCUT2D eigenvalue weighted by Crippen LogP contribution is -2.39. The Balaban J connectivity index is 1.93. The second kappa shape index (κ2) is 10.5. The molecule has 146 valence electrons. The molecule has 0 saturated carbocycles. The van der Waals surface area contributed by atoms with E-state index in [0.717, 1.165) is 23.4 Å². The quantitative estimate of drug-likeness (QED) is 0.732. The summed E-state index contributed by atoms with van der Waals surface area (Å²) in [4.78, 5) is 16.2. The molecule has 5 nitrogen and oxygen atoms in total. The fourth-order valence-electron chi connectivity index (χ4n) is 2.59. The fraction of sp³-hybridized carbons (Fsp3) is 0.381. The van der Waals surface area contributed by atoms with Gasteiger partial charge in [-0.15, -0.1) is 0 Å². The minimum atomic E-state index is -0.298. The lowest BCUT2D eigenvalue weighted by atomic mass is 10.2. The first kappa shape index (κ1) is 20.7. The molecular weight excluding hydrogens is 345 g/mol. The molecule has 0 unspecified atom stereocenters. The first-order chi connectivity index (χ1) is 13.0. The monoisotopic (exact) mass is 373 g/mol. The Morgan fingerprint density at radius 2 is 1.93 bits per heavy atom. The van der Waals surface area contributed by atoms with Crippen LogP contribution in [0.1, 0.15) is 18.1 Å². The van der Waals surface area contributed by atoms with Crippen LogP contribution in [0.3, 0.4) is 0 Å². The van der Waals surface area contributed by atoms with E-state index in [1.54, 1.807) is 11.0 Å². The number of amides is 2.